The maximum absolute atomic E-state index is 9.05. The van der Waals surface area contributed by atoms with Crippen molar-refractivity contribution in [2.24, 2.45) is 0 Å². The van der Waals surface area contributed by atoms with Crippen molar-refractivity contribution in [3.05, 3.63) is 29.8 Å². The molecule has 1 aromatic rings. The molecule has 0 bridgehead atoms. The van der Waals surface area contributed by atoms with E-state index in [0.717, 1.165) is 30.8 Å². The van der Waals surface area contributed by atoms with Crippen molar-refractivity contribution in [2.45, 2.75) is 25.4 Å². The summed E-state index contributed by atoms with van der Waals surface area (Å²) in [7, 11) is 2.03. The quantitative estimate of drug-likeness (QED) is 0.797. The number of anilines is 1. The van der Waals surface area contributed by atoms with Gasteiger partial charge in [-0.3, -0.25) is 0 Å². The SMILES string of the molecule is CN(CCC1CCCO1)c1ccccc1C#N. The zero-order valence-corrected chi connectivity index (χ0v) is 10.2. The lowest BCUT2D eigenvalue weighted by atomic mass is 10.1. The number of benzene rings is 1. The number of hydrogen-bond acceptors (Lipinski definition) is 3. The van der Waals surface area contributed by atoms with Crippen molar-refractivity contribution in [1.82, 2.24) is 0 Å². The summed E-state index contributed by atoms with van der Waals surface area (Å²) in [6.45, 7) is 1.84. The molecule has 1 unspecified atom stereocenters. The highest BCUT2D eigenvalue weighted by Crippen LogP contribution is 2.20. The number of ether oxygens (including phenoxy) is 1. The van der Waals surface area contributed by atoms with Crippen LogP contribution in [0.1, 0.15) is 24.8 Å². The van der Waals surface area contributed by atoms with Crippen LogP contribution in [0.15, 0.2) is 24.3 Å². The minimum Gasteiger partial charge on any atom is -0.378 e. The molecule has 0 aromatic heterocycles. The zero-order valence-electron chi connectivity index (χ0n) is 10.2. The standard InChI is InChI=1S/C14H18N2O/c1-16(9-8-13-6-4-10-17-13)14-7-3-2-5-12(14)11-15/h2-3,5,7,13H,4,6,8-10H2,1H3. The van der Waals surface area contributed by atoms with Crippen molar-refractivity contribution < 1.29 is 4.74 Å². The fourth-order valence-electron chi connectivity index (χ4n) is 2.23. The molecule has 0 amide bonds. The number of para-hydroxylation sites is 1. The smallest absolute Gasteiger partial charge is 0.101 e. The Morgan fingerprint density at radius 3 is 3.00 bits per heavy atom. The lowest BCUT2D eigenvalue weighted by Gasteiger charge is -2.22. The molecule has 0 spiro atoms. The van der Waals surface area contributed by atoms with E-state index in [9.17, 15) is 0 Å². The zero-order chi connectivity index (χ0) is 12.1. The fourth-order valence-corrected chi connectivity index (χ4v) is 2.23. The van der Waals surface area contributed by atoms with Gasteiger partial charge >= 0.3 is 0 Å². The molecule has 1 fully saturated rings. The van der Waals surface area contributed by atoms with E-state index in [4.69, 9.17) is 10.00 Å². The molecule has 1 atom stereocenters. The highest BCUT2D eigenvalue weighted by Gasteiger charge is 2.16. The molecule has 17 heavy (non-hydrogen) atoms. The largest absolute Gasteiger partial charge is 0.378 e. The van der Waals surface area contributed by atoms with Crippen LogP contribution in [0.3, 0.4) is 0 Å². The number of nitrogens with zero attached hydrogens (tertiary/aromatic N) is 2. The lowest BCUT2D eigenvalue weighted by molar-refractivity contribution is 0.106. The summed E-state index contributed by atoms with van der Waals surface area (Å²) in [4.78, 5) is 2.14. The molecule has 0 radical (unpaired) electrons. The number of rotatable bonds is 4. The van der Waals surface area contributed by atoms with Crippen LogP contribution in [-0.2, 0) is 4.74 Å². The molecule has 1 heterocycles. The maximum Gasteiger partial charge on any atom is 0.101 e. The summed E-state index contributed by atoms with van der Waals surface area (Å²) < 4.78 is 5.60. The minimum absolute atomic E-state index is 0.409. The van der Waals surface area contributed by atoms with E-state index in [-0.39, 0.29) is 0 Å². The predicted molar refractivity (Wildman–Crippen MR) is 68.0 cm³/mol. The molecule has 3 heteroatoms. The van der Waals surface area contributed by atoms with Gasteiger partial charge in [0.25, 0.3) is 0 Å². The van der Waals surface area contributed by atoms with E-state index in [0.29, 0.717) is 6.10 Å². The van der Waals surface area contributed by atoms with Gasteiger partial charge < -0.3 is 9.64 Å². The first kappa shape index (κ1) is 11.9. The van der Waals surface area contributed by atoms with E-state index < -0.39 is 0 Å². The van der Waals surface area contributed by atoms with Gasteiger partial charge in [-0.2, -0.15) is 5.26 Å². The van der Waals surface area contributed by atoms with E-state index in [2.05, 4.69) is 11.0 Å². The summed E-state index contributed by atoms with van der Waals surface area (Å²) in [5, 5.41) is 9.05. The van der Waals surface area contributed by atoms with Gasteiger partial charge in [-0.15, -0.1) is 0 Å². The Morgan fingerprint density at radius 1 is 1.47 bits per heavy atom. The van der Waals surface area contributed by atoms with Crippen molar-refractivity contribution in [3.8, 4) is 6.07 Å². The first-order valence-corrected chi connectivity index (χ1v) is 6.13. The van der Waals surface area contributed by atoms with Gasteiger partial charge in [0, 0.05) is 20.2 Å². The van der Waals surface area contributed by atoms with Crippen LogP contribution < -0.4 is 4.90 Å². The Labute approximate surface area is 103 Å². The van der Waals surface area contributed by atoms with Crippen molar-refractivity contribution in [3.63, 3.8) is 0 Å². The maximum atomic E-state index is 9.05. The Kier molecular flexibility index (Phi) is 4.00. The van der Waals surface area contributed by atoms with E-state index in [1.54, 1.807) is 0 Å². The molecule has 90 valence electrons. The topological polar surface area (TPSA) is 36.3 Å². The molecule has 0 saturated carbocycles. The summed E-state index contributed by atoms with van der Waals surface area (Å²) >= 11 is 0. The van der Waals surface area contributed by atoms with Crippen LogP contribution in [0.2, 0.25) is 0 Å². The van der Waals surface area contributed by atoms with E-state index >= 15 is 0 Å². The van der Waals surface area contributed by atoms with Gasteiger partial charge in [-0.05, 0) is 31.4 Å². The predicted octanol–water partition coefficient (Wildman–Crippen LogP) is 2.56. The normalized spacial score (nSPS) is 18.9. The number of hydrogen-bond donors (Lipinski definition) is 0. The van der Waals surface area contributed by atoms with Crippen LogP contribution in [0.25, 0.3) is 0 Å². The van der Waals surface area contributed by atoms with Crippen LogP contribution in [-0.4, -0.2) is 26.3 Å². The highest BCUT2D eigenvalue weighted by molar-refractivity contribution is 5.58. The third-order valence-electron chi connectivity index (χ3n) is 3.25. The summed E-state index contributed by atoms with van der Waals surface area (Å²) in [6, 6.07) is 9.95. The summed E-state index contributed by atoms with van der Waals surface area (Å²) in [5.74, 6) is 0. The Hall–Kier alpha value is -1.53. The van der Waals surface area contributed by atoms with E-state index in [1.807, 2.05) is 31.3 Å². The second kappa shape index (κ2) is 5.70. The third-order valence-corrected chi connectivity index (χ3v) is 3.25. The molecular formula is C14H18N2O. The monoisotopic (exact) mass is 230 g/mol. The molecule has 1 aliphatic rings. The van der Waals surface area contributed by atoms with Crippen LogP contribution >= 0.6 is 0 Å². The first-order chi connectivity index (χ1) is 8.31. The molecule has 0 aliphatic carbocycles. The lowest BCUT2D eigenvalue weighted by Crippen LogP contribution is -2.23. The Bertz CT molecular complexity index is 405. The van der Waals surface area contributed by atoms with Gasteiger partial charge in [0.2, 0.25) is 0 Å². The van der Waals surface area contributed by atoms with Gasteiger partial charge in [-0.1, -0.05) is 12.1 Å². The molecule has 1 aromatic carbocycles. The van der Waals surface area contributed by atoms with Crippen LogP contribution in [0.5, 0.6) is 0 Å². The van der Waals surface area contributed by atoms with Crippen molar-refractivity contribution in [1.29, 1.82) is 5.26 Å². The average Bonchev–Trinajstić information content (AvgIpc) is 2.89. The van der Waals surface area contributed by atoms with E-state index in [1.165, 1.54) is 12.8 Å². The van der Waals surface area contributed by atoms with Gasteiger partial charge in [-0.25, -0.2) is 0 Å². The fraction of sp³-hybridized carbons (Fsp3) is 0.500. The van der Waals surface area contributed by atoms with Crippen molar-refractivity contribution in [2.75, 3.05) is 25.1 Å². The molecule has 1 aliphatic heterocycles. The number of nitriles is 1. The van der Waals surface area contributed by atoms with Crippen molar-refractivity contribution >= 4 is 5.69 Å². The van der Waals surface area contributed by atoms with Gasteiger partial charge in [0.05, 0.1) is 17.4 Å². The van der Waals surface area contributed by atoms with Crippen LogP contribution in [0.4, 0.5) is 5.69 Å². The highest BCUT2D eigenvalue weighted by atomic mass is 16.5. The minimum atomic E-state index is 0.409. The second-order valence-corrected chi connectivity index (χ2v) is 4.47. The Balaban J connectivity index is 1.94. The molecule has 2 rings (SSSR count). The summed E-state index contributed by atoms with van der Waals surface area (Å²) in [5.41, 5.74) is 1.75. The Morgan fingerprint density at radius 2 is 2.29 bits per heavy atom. The van der Waals surface area contributed by atoms with Crippen LogP contribution in [0, 0.1) is 11.3 Å². The summed E-state index contributed by atoms with van der Waals surface area (Å²) in [6.07, 6.45) is 3.80. The third kappa shape index (κ3) is 2.98. The molecular weight excluding hydrogens is 212 g/mol. The molecule has 0 N–H and O–H groups in total. The average molecular weight is 230 g/mol. The van der Waals surface area contributed by atoms with Gasteiger partial charge in [0.15, 0.2) is 0 Å². The first-order valence-electron chi connectivity index (χ1n) is 6.13. The van der Waals surface area contributed by atoms with Gasteiger partial charge in [0.1, 0.15) is 6.07 Å². The molecule has 3 nitrogen and oxygen atoms in total. The molecule has 1 saturated heterocycles. The second-order valence-electron chi connectivity index (χ2n) is 4.47.